The number of benzene rings is 1. The third-order valence-corrected chi connectivity index (χ3v) is 3.23. The molecule has 0 N–H and O–H groups in total. The normalized spacial score (nSPS) is 12.5. The van der Waals surface area contributed by atoms with Crippen LogP contribution in [0.3, 0.4) is 0 Å². The summed E-state index contributed by atoms with van der Waals surface area (Å²) in [6.45, 7) is 4.99. The summed E-state index contributed by atoms with van der Waals surface area (Å²) in [7, 11) is 0. The minimum atomic E-state index is -0.425. The summed E-state index contributed by atoms with van der Waals surface area (Å²) in [5.41, 5.74) is 0. The van der Waals surface area contributed by atoms with Gasteiger partial charge >= 0.3 is 0 Å². The van der Waals surface area contributed by atoms with Crippen molar-refractivity contribution in [2.45, 2.75) is 39.5 Å². The molecule has 0 spiro atoms. The summed E-state index contributed by atoms with van der Waals surface area (Å²) < 4.78 is 18.8. The van der Waals surface area contributed by atoms with Gasteiger partial charge in [0.05, 0.1) is 11.6 Å². The highest BCUT2D eigenvalue weighted by molar-refractivity contribution is 6.30. The summed E-state index contributed by atoms with van der Waals surface area (Å²) in [6, 6.07) is 4.58. The Hall–Kier alpha value is -0.760. The third kappa shape index (κ3) is 4.95. The van der Waals surface area contributed by atoms with Gasteiger partial charge in [0.2, 0.25) is 0 Å². The average molecular weight is 259 g/mol. The molecular weight excluding hydrogens is 239 g/mol. The molecule has 1 atom stereocenters. The Morgan fingerprint density at radius 2 is 2.12 bits per heavy atom. The van der Waals surface area contributed by atoms with E-state index in [2.05, 4.69) is 13.8 Å². The fourth-order valence-electron chi connectivity index (χ4n) is 1.68. The minimum Gasteiger partial charge on any atom is -0.493 e. The van der Waals surface area contributed by atoms with Crippen LogP contribution in [0.15, 0.2) is 18.2 Å². The Labute approximate surface area is 108 Å². The first-order valence-electron chi connectivity index (χ1n) is 6.25. The van der Waals surface area contributed by atoms with Crippen LogP contribution in [-0.4, -0.2) is 6.61 Å². The number of ether oxygens (including phenoxy) is 1. The lowest BCUT2D eigenvalue weighted by Gasteiger charge is -2.15. The lowest BCUT2D eigenvalue weighted by Crippen LogP contribution is -2.11. The minimum absolute atomic E-state index is 0.135. The van der Waals surface area contributed by atoms with Gasteiger partial charge in [-0.2, -0.15) is 0 Å². The summed E-state index contributed by atoms with van der Waals surface area (Å²) >= 11 is 5.61. The van der Waals surface area contributed by atoms with Crippen molar-refractivity contribution < 1.29 is 9.13 Å². The number of hydrogen-bond donors (Lipinski definition) is 0. The Morgan fingerprint density at radius 3 is 2.71 bits per heavy atom. The van der Waals surface area contributed by atoms with Gasteiger partial charge in [-0.3, -0.25) is 0 Å². The topological polar surface area (TPSA) is 9.23 Å². The SMILES string of the molecule is CCCCC(CC)COc1ccc(Cl)c(F)c1. The average Bonchev–Trinajstić information content (AvgIpc) is 2.34. The van der Waals surface area contributed by atoms with Crippen LogP contribution < -0.4 is 4.74 Å². The number of rotatable bonds is 7. The summed E-state index contributed by atoms with van der Waals surface area (Å²) in [5.74, 6) is 0.682. The zero-order valence-corrected chi connectivity index (χ0v) is 11.3. The van der Waals surface area contributed by atoms with Gasteiger partial charge in [0.1, 0.15) is 11.6 Å². The Kier molecular flexibility index (Phi) is 6.35. The lowest BCUT2D eigenvalue weighted by molar-refractivity contribution is 0.232. The molecular formula is C14H20ClFO. The van der Waals surface area contributed by atoms with Crippen LogP contribution in [0, 0.1) is 11.7 Å². The van der Waals surface area contributed by atoms with E-state index in [1.165, 1.54) is 31.4 Å². The molecule has 0 aliphatic heterocycles. The fourth-order valence-corrected chi connectivity index (χ4v) is 1.80. The molecule has 0 aromatic heterocycles. The zero-order valence-electron chi connectivity index (χ0n) is 10.5. The van der Waals surface area contributed by atoms with Crippen molar-refractivity contribution in [3.05, 3.63) is 29.0 Å². The summed E-state index contributed by atoms with van der Waals surface area (Å²) in [4.78, 5) is 0. The molecule has 0 amide bonds. The van der Waals surface area contributed by atoms with Crippen LogP contribution >= 0.6 is 11.6 Å². The second-order valence-corrected chi connectivity index (χ2v) is 4.71. The molecule has 0 heterocycles. The molecule has 1 aromatic rings. The van der Waals surface area contributed by atoms with Crippen molar-refractivity contribution >= 4 is 11.6 Å². The van der Waals surface area contributed by atoms with Crippen LogP contribution in [0.5, 0.6) is 5.75 Å². The third-order valence-electron chi connectivity index (χ3n) is 2.92. The number of hydrogen-bond acceptors (Lipinski definition) is 1. The van der Waals surface area contributed by atoms with Gasteiger partial charge in [-0.15, -0.1) is 0 Å². The Morgan fingerprint density at radius 1 is 1.35 bits per heavy atom. The molecule has 0 saturated carbocycles. The largest absolute Gasteiger partial charge is 0.493 e. The number of halogens is 2. The molecule has 0 aliphatic carbocycles. The smallest absolute Gasteiger partial charge is 0.145 e. The zero-order chi connectivity index (χ0) is 12.7. The molecule has 1 unspecified atom stereocenters. The lowest BCUT2D eigenvalue weighted by atomic mass is 10.0. The second kappa shape index (κ2) is 7.54. The maximum Gasteiger partial charge on any atom is 0.145 e. The molecule has 17 heavy (non-hydrogen) atoms. The van der Waals surface area contributed by atoms with E-state index >= 15 is 0 Å². The van der Waals surface area contributed by atoms with Crippen molar-refractivity contribution in [1.29, 1.82) is 0 Å². The molecule has 0 fully saturated rings. The highest BCUT2D eigenvalue weighted by atomic mass is 35.5. The van der Waals surface area contributed by atoms with Gasteiger partial charge in [-0.1, -0.05) is 44.7 Å². The molecule has 0 aliphatic rings. The van der Waals surface area contributed by atoms with Crippen molar-refractivity contribution in [2.75, 3.05) is 6.61 Å². The van der Waals surface area contributed by atoms with Gasteiger partial charge < -0.3 is 4.74 Å². The maximum atomic E-state index is 13.2. The first-order chi connectivity index (χ1) is 8.17. The molecule has 3 heteroatoms. The molecule has 1 nitrogen and oxygen atoms in total. The van der Waals surface area contributed by atoms with Crippen LogP contribution in [0.25, 0.3) is 0 Å². The molecule has 1 aromatic carbocycles. The van der Waals surface area contributed by atoms with Gasteiger partial charge in [0, 0.05) is 6.07 Å². The van der Waals surface area contributed by atoms with Crippen LogP contribution in [0.4, 0.5) is 4.39 Å². The van der Waals surface area contributed by atoms with E-state index < -0.39 is 5.82 Å². The van der Waals surface area contributed by atoms with Gasteiger partial charge in [-0.25, -0.2) is 4.39 Å². The molecule has 0 radical (unpaired) electrons. The standard InChI is InChI=1S/C14H20ClFO/c1-3-5-6-11(4-2)10-17-12-7-8-13(15)14(16)9-12/h7-9,11H,3-6,10H2,1-2H3. The Bertz CT molecular complexity index is 341. The fraction of sp³-hybridized carbons (Fsp3) is 0.571. The van der Waals surface area contributed by atoms with Gasteiger partial charge in [0.15, 0.2) is 0 Å². The first-order valence-corrected chi connectivity index (χ1v) is 6.63. The number of unbranched alkanes of at least 4 members (excludes halogenated alkanes) is 1. The highest BCUT2D eigenvalue weighted by Crippen LogP contribution is 2.22. The van der Waals surface area contributed by atoms with Crippen molar-refractivity contribution in [3.63, 3.8) is 0 Å². The van der Waals surface area contributed by atoms with E-state index in [1.54, 1.807) is 6.07 Å². The van der Waals surface area contributed by atoms with E-state index in [9.17, 15) is 4.39 Å². The van der Waals surface area contributed by atoms with E-state index in [-0.39, 0.29) is 5.02 Å². The van der Waals surface area contributed by atoms with Crippen molar-refractivity contribution in [3.8, 4) is 5.75 Å². The molecule has 0 bridgehead atoms. The van der Waals surface area contributed by atoms with Crippen LogP contribution in [-0.2, 0) is 0 Å². The quantitative estimate of drug-likeness (QED) is 0.663. The summed E-state index contributed by atoms with van der Waals surface area (Å²) in [6.07, 6.45) is 4.68. The molecule has 1 rings (SSSR count). The van der Waals surface area contributed by atoms with E-state index in [4.69, 9.17) is 16.3 Å². The predicted octanol–water partition coefficient (Wildman–Crippen LogP) is 5.07. The van der Waals surface area contributed by atoms with Crippen molar-refractivity contribution in [2.24, 2.45) is 5.92 Å². The summed E-state index contributed by atoms with van der Waals surface area (Å²) in [5, 5.41) is 0.135. The van der Waals surface area contributed by atoms with E-state index in [0.717, 1.165) is 6.42 Å². The van der Waals surface area contributed by atoms with Crippen LogP contribution in [0.1, 0.15) is 39.5 Å². The highest BCUT2D eigenvalue weighted by Gasteiger charge is 2.08. The molecule has 96 valence electrons. The van der Waals surface area contributed by atoms with E-state index in [0.29, 0.717) is 18.3 Å². The monoisotopic (exact) mass is 258 g/mol. The second-order valence-electron chi connectivity index (χ2n) is 4.30. The van der Waals surface area contributed by atoms with Crippen LogP contribution in [0.2, 0.25) is 5.02 Å². The predicted molar refractivity (Wildman–Crippen MR) is 70.2 cm³/mol. The maximum absolute atomic E-state index is 13.2. The molecule has 0 saturated heterocycles. The first kappa shape index (κ1) is 14.3. The van der Waals surface area contributed by atoms with E-state index in [1.807, 2.05) is 0 Å². The van der Waals surface area contributed by atoms with Gasteiger partial charge in [-0.05, 0) is 24.5 Å². The Balaban J connectivity index is 2.45. The van der Waals surface area contributed by atoms with Gasteiger partial charge in [0.25, 0.3) is 0 Å². The van der Waals surface area contributed by atoms with Crippen molar-refractivity contribution in [1.82, 2.24) is 0 Å².